The summed E-state index contributed by atoms with van der Waals surface area (Å²) in [7, 11) is 0. The molecular formula is C17H19NO2. The Hall–Kier alpha value is -1.64. The summed E-state index contributed by atoms with van der Waals surface area (Å²) in [5, 5.41) is 0. The molecule has 0 N–H and O–H groups in total. The molecule has 2 amide bonds. The SMILES string of the molecule is C[C@H](c1ccccc1)N1C(=O)[C@@H]2[C@H]3CC[C@@H](C3)[C@H]2C1=O. The lowest BCUT2D eigenvalue weighted by Crippen LogP contribution is -2.35. The Morgan fingerprint density at radius 3 is 2.10 bits per heavy atom. The fourth-order valence-electron chi connectivity index (χ4n) is 4.69. The van der Waals surface area contributed by atoms with Crippen molar-refractivity contribution in [1.82, 2.24) is 4.90 Å². The van der Waals surface area contributed by atoms with Gasteiger partial charge in [-0.25, -0.2) is 0 Å². The van der Waals surface area contributed by atoms with E-state index in [1.54, 1.807) is 4.90 Å². The van der Waals surface area contributed by atoms with Crippen molar-refractivity contribution in [2.75, 3.05) is 0 Å². The summed E-state index contributed by atoms with van der Waals surface area (Å²) < 4.78 is 0. The van der Waals surface area contributed by atoms with Crippen LogP contribution in [0.15, 0.2) is 30.3 Å². The lowest BCUT2D eigenvalue weighted by atomic mass is 9.81. The van der Waals surface area contributed by atoms with Gasteiger partial charge in [0, 0.05) is 0 Å². The maximum absolute atomic E-state index is 12.7. The molecule has 1 saturated heterocycles. The minimum Gasteiger partial charge on any atom is -0.275 e. The van der Waals surface area contributed by atoms with E-state index in [1.807, 2.05) is 37.3 Å². The Morgan fingerprint density at radius 2 is 1.55 bits per heavy atom. The minimum absolute atomic E-state index is 0.00703. The van der Waals surface area contributed by atoms with E-state index in [-0.39, 0.29) is 29.7 Å². The second-order valence-corrected chi connectivity index (χ2v) is 6.52. The molecule has 2 saturated carbocycles. The van der Waals surface area contributed by atoms with E-state index in [2.05, 4.69) is 0 Å². The fraction of sp³-hybridized carbons (Fsp3) is 0.529. The molecule has 2 aliphatic carbocycles. The number of imide groups is 1. The van der Waals surface area contributed by atoms with Gasteiger partial charge in [-0.1, -0.05) is 30.3 Å². The summed E-state index contributed by atoms with van der Waals surface area (Å²) in [4.78, 5) is 27.0. The topological polar surface area (TPSA) is 37.4 Å². The van der Waals surface area contributed by atoms with Crippen LogP contribution < -0.4 is 0 Å². The third-order valence-electron chi connectivity index (χ3n) is 5.63. The van der Waals surface area contributed by atoms with Crippen LogP contribution in [-0.4, -0.2) is 16.7 Å². The van der Waals surface area contributed by atoms with Crippen molar-refractivity contribution in [3.05, 3.63) is 35.9 Å². The second-order valence-electron chi connectivity index (χ2n) is 6.52. The molecule has 1 heterocycles. The molecule has 0 spiro atoms. The van der Waals surface area contributed by atoms with Gasteiger partial charge in [-0.15, -0.1) is 0 Å². The Bertz CT molecular complexity index is 540. The van der Waals surface area contributed by atoms with Crippen LogP contribution >= 0.6 is 0 Å². The third-order valence-corrected chi connectivity index (χ3v) is 5.63. The van der Waals surface area contributed by atoms with Crippen LogP contribution in [0, 0.1) is 23.7 Å². The molecule has 3 fully saturated rings. The summed E-state index contributed by atoms with van der Waals surface area (Å²) in [5.74, 6) is 1.09. The highest BCUT2D eigenvalue weighted by Crippen LogP contribution is 2.57. The van der Waals surface area contributed by atoms with E-state index in [0.717, 1.165) is 24.8 Å². The van der Waals surface area contributed by atoms with Gasteiger partial charge >= 0.3 is 0 Å². The molecule has 104 valence electrons. The maximum atomic E-state index is 12.7. The van der Waals surface area contributed by atoms with Crippen LogP contribution in [0.3, 0.4) is 0 Å². The number of nitrogens with zero attached hydrogens (tertiary/aromatic N) is 1. The number of hydrogen-bond donors (Lipinski definition) is 0. The summed E-state index contributed by atoms with van der Waals surface area (Å²) >= 11 is 0. The van der Waals surface area contributed by atoms with Crippen LogP contribution in [0.2, 0.25) is 0 Å². The smallest absolute Gasteiger partial charge is 0.233 e. The molecule has 1 aromatic rings. The van der Waals surface area contributed by atoms with E-state index in [9.17, 15) is 9.59 Å². The Labute approximate surface area is 119 Å². The van der Waals surface area contributed by atoms with E-state index in [1.165, 1.54) is 0 Å². The van der Waals surface area contributed by atoms with Gasteiger partial charge in [-0.05, 0) is 43.6 Å². The van der Waals surface area contributed by atoms with Crippen molar-refractivity contribution < 1.29 is 9.59 Å². The van der Waals surface area contributed by atoms with Crippen molar-refractivity contribution in [1.29, 1.82) is 0 Å². The third kappa shape index (κ3) is 1.46. The molecule has 0 unspecified atom stereocenters. The number of rotatable bonds is 2. The Balaban J connectivity index is 1.67. The lowest BCUT2D eigenvalue weighted by molar-refractivity contribution is -0.143. The zero-order valence-corrected chi connectivity index (χ0v) is 11.7. The zero-order valence-electron chi connectivity index (χ0n) is 11.7. The van der Waals surface area contributed by atoms with E-state index in [4.69, 9.17) is 0 Å². The molecule has 0 aromatic heterocycles. The molecule has 1 aliphatic heterocycles. The first kappa shape index (κ1) is 12.1. The van der Waals surface area contributed by atoms with Crippen LogP contribution in [0.4, 0.5) is 0 Å². The van der Waals surface area contributed by atoms with Gasteiger partial charge in [0.25, 0.3) is 0 Å². The van der Waals surface area contributed by atoms with Gasteiger partial charge in [0.1, 0.15) is 0 Å². The minimum atomic E-state index is -0.138. The van der Waals surface area contributed by atoms with Gasteiger partial charge < -0.3 is 0 Å². The normalized spacial score (nSPS) is 36.5. The summed E-state index contributed by atoms with van der Waals surface area (Å²) in [6, 6.07) is 9.73. The van der Waals surface area contributed by atoms with Crippen LogP contribution in [0.25, 0.3) is 0 Å². The van der Waals surface area contributed by atoms with Crippen molar-refractivity contribution in [3.63, 3.8) is 0 Å². The van der Waals surface area contributed by atoms with Gasteiger partial charge in [-0.2, -0.15) is 0 Å². The molecule has 3 nitrogen and oxygen atoms in total. The quantitative estimate of drug-likeness (QED) is 0.774. The summed E-state index contributed by atoms with van der Waals surface area (Å²) in [6.07, 6.45) is 3.37. The molecule has 3 aliphatic rings. The number of carbonyl (C=O) groups excluding carboxylic acids is 2. The second kappa shape index (κ2) is 4.18. The molecule has 2 bridgehead atoms. The number of hydrogen-bond acceptors (Lipinski definition) is 2. The monoisotopic (exact) mass is 269 g/mol. The van der Waals surface area contributed by atoms with E-state index >= 15 is 0 Å². The number of amides is 2. The van der Waals surface area contributed by atoms with Crippen LogP contribution in [-0.2, 0) is 9.59 Å². The van der Waals surface area contributed by atoms with Crippen LogP contribution in [0.1, 0.15) is 37.8 Å². The van der Waals surface area contributed by atoms with Crippen LogP contribution in [0.5, 0.6) is 0 Å². The standard InChI is InChI=1S/C17H19NO2/c1-10(11-5-3-2-4-6-11)18-16(19)14-12-7-8-13(9-12)15(14)17(18)20/h2-6,10,12-15H,7-9H2,1H3/t10-,12+,13+,14-,15-/m1/s1. The van der Waals surface area contributed by atoms with Gasteiger partial charge in [0.2, 0.25) is 11.8 Å². The molecule has 1 aromatic carbocycles. The van der Waals surface area contributed by atoms with E-state index in [0.29, 0.717) is 11.8 Å². The predicted octanol–water partition coefficient (Wildman–Crippen LogP) is 2.78. The van der Waals surface area contributed by atoms with E-state index < -0.39 is 0 Å². The highest BCUT2D eigenvalue weighted by Gasteiger charge is 2.61. The van der Waals surface area contributed by atoms with Crippen molar-refractivity contribution >= 4 is 11.8 Å². The molecule has 0 radical (unpaired) electrons. The lowest BCUT2D eigenvalue weighted by Gasteiger charge is -2.24. The number of fused-ring (bicyclic) bond motifs is 5. The maximum Gasteiger partial charge on any atom is 0.233 e. The Kier molecular flexibility index (Phi) is 2.53. The zero-order chi connectivity index (χ0) is 13.9. The fourth-order valence-corrected chi connectivity index (χ4v) is 4.69. The highest BCUT2D eigenvalue weighted by atomic mass is 16.2. The first-order chi connectivity index (χ1) is 9.68. The molecule has 3 heteroatoms. The average Bonchev–Trinajstić information content (AvgIpc) is 3.14. The van der Waals surface area contributed by atoms with Gasteiger partial charge in [0.15, 0.2) is 0 Å². The Morgan fingerprint density at radius 1 is 1.00 bits per heavy atom. The first-order valence-corrected chi connectivity index (χ1v) is 7.60. The first-order valence-electron chi connectivity index (χ1n) is 7.60. The van der Waals surface area contributed by atoms with Crippen molar-refractivity contribution in [2.24, 2.45) is 23.7 Å². The average molecular weight is 269 g/mol. The summed E-state index contributed by atoms with van der Waals surface area (Å²) in [6.45, 7) is 1.97. The molecule has 4 rings (SSSR count). The largest absolute Gasteiger partial charge is 0.275 e. The predicted molar refractivity (Wildman–Crippen MR) is 74.5 cm³/mol. The number of benzene rings is 1. The molecule has 20 heavy (non-hydrogen) atoms. The summed E-state index contributed by atoms with van der Waals surface area (Å²) in [5.41, 5.74) is 1.04. The van der Waals surface area contributed by atoms with Gasteiger partial charge in [-0.3, -0.25) is 14.5 Å². The molecule has 5 atom stereocenters. The van der Waals surface area contributed by atoms with Crippen molar-refractivity contribution in [3.8, 4) is 0 Å². The van der Waals surface area contributed by atoms with Crippen molar-refractivity contribution in [2.45, 2.75) is 32.2 Å². The highest BCUT2D eigenvalue weighted by molar-refractivity contribution is 6.06. The van der Waals surface area contributed by atoms with Gasteiger partial charge in [0.05, 0.1) is 17.9 Å². The number of likely N-dealkylation sites (tertiary alicyclic amines) is 1. The number of carbonyl (C=O) groups is 2. The molecular weight excluding hydrogens is 250 g/mol.